The molecule has 0 amide bonds. The quantitative estimate of drug-likeness (QED) is 0.912. The third kappa shape index (κ3) is 2.68. The first kappa shape index (κ1) is 12.4. The Kier molecular flexibility index (Phi) is 3.34. The maximum Gasteiger partial charge on any atom is 0.113 e. The van der Waals surface area contributed by atoms with Crippen LogP contribution in [0.3, 0.4) is 0 Å². The van der Waals surface area contributed by atoms with Gasteiger partial charge in [0.05, 0.1) is 12.2 Å². The maximum absolute atomic E-state index is 4.27. The van der Waals surface area contributed by atoms with E-state index in [0.29, 0.717) is 12.0 Å². The zero-order chi connectivity index (χ0) is 13.2. The molecule has 1 aromatic carbocycles. The van der Waals surface area contributed by atoms with Gasteiger partial charge in [0.25, 0.3) is 0 Å². The van der Waals surface area contributed by atoms with Gasteiger partial charge in [0, 0.05) is 18.7 Å². The van der Waals surface area contributed by atoms with Crippen LogP contribution in [0.2, 0.25) is 0 Å². The van der Waals surface area contributed by atoms with Gasteiger partial charge < -0.3 is 5.32 Å². The van der Waals surface area contributed by atoms with Gasteiger partial charge in [-0.15, -0.1) is 5.10 Å². The predicted octanol–water partition coefficient (Wildman–Crippen LogP) is 2.29. The first-order valence-electron chi connectivity index (χ1n) is 6.94. The number of nitrogens with one attached hydrogen (secondary N) is 1. The second-order valence-corrected chi connectivity index (χ2v) is 5.69. The van der Waals surface area contributed by atoms with Crippen molar-refractivity contribution < 1.29 is 0 Å². The molecule has 0 atom stereocenters. The Morgan fingerprint density at radius 3 is 2.58 bits per heavy atom. The fourth-order valence-electron chi connectivity index (χ4n) is 2.33. The van der Waals surface area contributed by atoms with E-state index in [2.05, 4.69) is 53.7 Å². The summed E-state index contributed by atoms with van der Waals surface area (Å²) in [5, 5.41) is 11.7. The zero-order valence-corrected chi connectivity index (χ0v) is 11.5. The minimum absolute atomic E-state index is 0.474. The molecule has 1 N–H and O–H groups in total. The van der Waals surface area contributed by atoms with Gasteiger partial charge in [-0.3, -0.25) is 0 Å². The van der Waals surface area contributed by atoms with Crippen molar-refractivity contribution in [1.82, 2.24) is 20.3 Å². The van der Waals surface area contributed by atoms with Gasteiger partial charge in [-0.2, -0.15) is 0 Å². The zero-order valence-electron chi connectivity index (χ0n) is 11.5. The molecule has 1 aliphatic heterocycles. The molecule has 0 bridgehead atoms. The fourth-order valence-corrected chi connectivity index (χ4v) is 2.33. The Labute approximate surface area is 113 Å². The lowest BCUT2D eigenvalue weighted by molar-refractivity contribution is 0.313. The van der Waals surface area contributed by atoms with Crippen molar-refractivity contribution in [2.24, 2.45) is 5.92 Å². The van der Waals surface area contributed by atoms with Gasteiger partial charge in [0.1, 0.15) is 5.69 Å². The van der Waals surface area contributed by atoms with Gasteiger partial charge in [-0.1, -0.05) is 43.3 Å². The second kappa shape index (κ2) is 5.13. The maximum atomic E-state index is 4.27. The monoisotopic (exact) mass is 256 g/mol. The topological polar surface area (TPSA) is 42.7 Å². The van der Waals surface area contributed by atoms with Crippen LogP contribution < -0.4 is 5.32 Å². The summed E-state index contributed by atoms with van der Waals surface area (Å²) in [4.78, 5) is 0. The first-order valence-corrected chi connectivity index (χ1v) is 6.94. The van der Waals surface area contributed by atoms with Gasteiger partial charge in [0.2, 0.25) is 0 Å². The molecule has 2 heterocycles. The molecule has 4 heteroatoms. The SMILES string of the molecule is CC(C)Cc1ccc(-c2cn(C3CNC3)nn2)cc1. The van der Waals surface area contributed by atoms with E-state index in [4.69, 9.17) is 0 Å². The Morgan fingerprint density at radius 1 is 1.26 bits per heavy atom. The Bertz CT molecular complexity index is 538. The van der Waals surface area contributed by atoms with E-state index >= 15 is 0 Å². The third-order valence-corrected chi connectivity index (χ3v) is 3.54. The van der Waals surface area contributed by atoms with Crippen molar-refractivity contribution in [2.45, 2.75) is 26.3 Å². The summed E-state index contributed by atoms with van der Waals surface area (Å²) in [5.41, 5.74) is 3.49. The lowest BCUT2D eigenvalue weighted by atomic mass is 10.0. The van der Waals surface area contributed by atoms with Crippen molar-refractivity contribution in [1.29, 1.82) is 0 Å². The molecule has 0 aliphatic carbocycles. The van der Waals surface area contributed by atoms with Crippen LogP contribution in [0.25, 0.3) is 11.3 Å². The summed E-state index contributed by atoms with van der Waals surface area (Å²) >= 11 is 0. The fraction of sp³-hybridized carbons (Fsp3) is 0.467. The average Bonchev–Trinajstić information content (AvgIpc) is 2.76. The normalized spacial score (nSPS) is 15.7. The lowest BCUT2D eigenvalue weighted by Crippen LogP contribution is -2.43. The highest BCUT2D eigenvalue weighted by molar-refractivity contribution is 5.58. The van der Waals surface area contributed by atoms with Crippen molar-refractivity contribution in [3.63, 3.8) is 0 Å². The van der Waals surface area contributed by atoms with Gasteiger partial charge in [0.15, 0.2) is 0 Å². The molecule has 0 spiro atoms. The highest BCUT2D eigenvalue weighted by Gasteiger charge is 2.20. The van der Waals surface area contributed by atoms with Crippen LogP contribution in [0, 0.1) is 5.92 Å². The molecule has 19 heavy (non-hydrogen) atoms. The highest BCUT2D eigenvalue weighted by Crippen LogP contribution is 2.20. The predicted molar refractivity (Wildman–Crippen MR) is 75.9 cm³/mol. The Morgan fingerprint density at radius 2 is 2.00 bits per heavy atom. The molecule has 3 rings (SSSR count). The molecule has 1 aliphatic rings. The Balaban J connectivity index is 1.75. The van der Waals surface area contributed by atoms with Gasteiger partial charge >= 0.3 is 0 Å². The summed E-state index contributed by atoms with van der Waals surface area (Å²) in [6.07, 6.45) is 3.17. The number of rotatable bonds is 4. The van der Waals surface area contributed by atoms with E-state index < -0.39 is 0 Å². The number of hydrogen-bond donors (Lipinski definition) is 1. The number of aromatic nitrogens is 3. The molecule has 1 saturated heterocycles. The van der Waals surface area contributed by atoms with Crippen molar-refractivity contribution in [3.8, 4) is 11.3 Å². The minimum Gasteiger partial charge on any atom is -0.312 e. The Hall–Kier alpha value is -1.68. The van der Waals surface area contributed by atoms with E-state index in [9.17, 15) is 0 Å². The molecular formula is C15H20N4. The van der Waals surface area contributed by atoms with E-state index in [1.165, 1.54) is 5.56 Å². The van der Waals surface area contributed by atoms with Gasteiger partial charge in [-0.05, 0) is 17.9 Å². The van der Waals surface area contributed by atoms with E-state index in [1.54, 1.807) is 0 Å². The van der Waals surface area contributed by atoms with Crippen LogP contribution in [0.1, 0.15) is 25.5 Å². The van der Waals surface area contributed by atoms with E-state index in [-0.39, 0.29) is 0 Å². The van der Waals surface area contributed by atoms with Crippen molar-refractivity contribution in [3.05, 3.63) is 36.0 Å². The van der Waals surface area contributed by atoms with Crippen molar-refractivity contribution >= 4 is 0 Å². The standard InChI is InChI=1S/C15H20N4/c1-11(2)7-12-3-5-13(6-4-12)15-10-19(18-17-15)14-8-16-9-14/h3-6,10-11,14,16H,7-9H2,1-2H3. The third-order valence-electron chi connectivity index (χ3n) is 3.54. The van der Waals surface area contributed by atoms with Crippen molar-refractivity contribution in [2.75, 3.05) is 13.1 Å². The summed E-state index contributed by atoms with van der Waals surface area (Å²) < 4.78 is 1.97. The highest BCUT2D eigenvalue weighted by atomic mass is 15.4. The molecule has 100 valence electrons. The molecule has 1 aromatic heterocycles. The number of nitrogens with zero attached hydrogens (tertiary/aromatic N) is 3. The summed E-state index contributed by atoms with van der Waals surface area (Å²) in [6, 6.07) is 9.15. The molecule has 1 fully saturated rings. The van der Waals surface area contributed by atoms with E-state index in [0.717, 1.165) is 30.8 Å². The molecule has 0 saturated carbocycles. The second-order valence-electron chi connectivity index (χ2n) is 5.69. The lowest BCUT2D eigenvalue weighted by Gasteiger charge is -2.26. The largest absolute Gasteiger partial charge is 0.312 e. The van der Waals surface area contributed by atoms with Crippen LogP contribution in [0.4, 0.5) is 0 Å². The van der Waals surface area contributed by atoms with Crippen LogP contribution in [0.15, 0.2) is 30.5 Å². The summed E-state index contributed by atoms with van der Waals surface area (Å²) in [5.74, 6) is 0.692. The molecule has 2 aromatic rings. The smallest absolute Gasteiger partial charge is 0.113 e. The van der Waals surface area contributed by atoms with E-state index in [1.807, 2.05) is 10.9 Å². The number of hydrogen-bond acceptors (Lipinski definition) is 3. The van der Waals surface area contributed by atoms with Gasteiger partial charge in [-0.25, -0.2) is 4.68 Å². The van der Waals surface area contributed by atoms with Crippen LogP contribution in [-0.4, -0.2) is 28.1 Å². The molecule has 4 nitrogen and oxygen atoms in total. The minimum atomic E-state index is 0.474. The number of benzene rings is 1. The summed E-state index contributed by atoms with van der Waals surface area (Å²) in [7, 11) is 0. The molecule has 0 unspecified atom stereocenters. The first-order chi connectivity index (χ1) is 9.22. The van der Waals surface area contributed by atoms with Crippen LogP contribution >= 0.6 is 0 Å². The molecule has 0 radical (unpaired) electrons. The molecular weight excluding hydrogens is 236 g/mol. The average molecular weight is 256 g/mol. The van der Waals surface area contributed by atoms with Crippen LogP contribution in [-0.2, 0) is 6.42 Å². The van der Waals surface area contributed by atoms with Crippen LogP contribution in [0.5, 0.6) is 0 Å². The summed E-state index contributed by atoms with van der Waals surface area (Å²) in [6.45, 7) is 6.48.